The highest BCUT2D eigenvalue weighted by Crippen LogP contribution is 2.59. The molecule has 1 aromatic rings. The molecule has 2 aliphatic rings. The molecular formula is C16H18F3NO. The van der Waals surface area contributed by atoms with Crippen molar-refractivity contribution >= 4 is 5.78 Å². The average molecular weight is 297 g/mol. The van der Waals surface area contributed by atoms with Gasteiger partial charge in [0.15, 0.2) is 5.78 Å². The Morgan fingerprint density at radius 3 is 2.52 bits per heavy atom. The number of aryl methyl sites for hydroxylation is 1. The number of carbonyl (C=O) groups is 1. The number of hydrogen-bond donors (Lipinski definition) is 1. The Hall–Kier alpha value is -1.36. The highest BCUT2D eigenvalue weighted by atomic mass is 19.4. The fourth-order valence-electron chi connectivity index (χ4n) is 3.50. The summed E-state index contributed by atoms with van der Waals surface area (Å²) >= 11 is 0. The van der Waals surface area contributed by atoms with Crippen LogP contribution in [0.1, 0.15) is 40.7 Å². The van der Waals surface area contributed by atoms with Crippen molar-refractivity contribution in [2.75, 3.05) is 13.1 Å². The minimum absolute atomic E-state index is 0.00460. The molecule has 1 unspecified atom stereocenters. The molecule has 1 atom stereocenters. The van der Waals surface area contributed by atoms with Gasteiger partial charge < -0.3 is 5.32 Å². The summed E-state index contributed by atoms with van der Waals surface area (Å²) in [6, 6.07) is 3.43. The molecule has 0 radical (unpaired) electrons. The smallest absolute Gasteiger partial charge is 0.317 e. The van der Waals surface area contributed by atoms with Crippen molar-refractivity contribution in [2.24, 2.45) is 11.3 Å². The number of hydrogen-bond acceptors (Lipinski definition) is 2. The molecular weight excluding hydrogens is 279 g/mol. The first kappa shape index (κ1) is 14.6. The third-order valence-corrected chi connectivity index (χ3v) is 4.92. The lowest BCUT2D eigenvalue weighted by atomic mass is 9.88. The Bertz CT molecular complexity index is 573. The van der Waals surface area contributed by atoms with Crippen molar-refractivity contribution in [1.29, 1.82) is 0 Å². The second-order valence-electron chi connectivity index (χ2n) is 6.26. The highest BCUT2D eigenvalue weighted by molar-refractivity contribution is 6.01. The van der Waals surface area contributed by atoms with E-state index in [4.69, 9.17) is 0 Å². The number of rotatable bonds is 2. The van der Waals surface area contributed by atoms with Crippen LogP contribution < -0.4 is 5.32 Å². The Labute approximate surface area is 121 Å². The van der Waals surface area contributed by atoms with Gasteiger partial charge in [-0.3, -0.25) is 4.79 Å². The second-order valence-corrected chi connectivity index (χ2v) is 6.26. The van der Waals surface area contributed by atoms with Crippen molar-refractivity contribution in [3.8, 4) is 0 Å². The molecule has 1 spiro atoms. The summed E-state index contributed by atoms with van der Waals surface area (Å²) in [5.74, 6) is 0.0122. The average Bonchev–Trinajstić information content (AvgIpc) is 3.11. The van der Waals surface area contributed by atoms with Crippen LogP contribution in [0.2, 0.25) is 0 Å². The van der Waals surface area contributed by atoms with E-state index in [9.17, 15) is 18.0 Å². The van der Waals surface area contributed by atoms with E-state index < -0.39 is 11.7 Å². The number of piperidine rings is 1. The molecule has 1 N–H and O–H groups in total. The summed E-state index contributed by atoms with van der Waals surface area (Å²) in [5.41, 5.74) is 0.287. The van der Waals surface area contributed by atoms with Crippen molar-refractivity contribution in [3.05, 3.63) is 34.9 Å². The minimum atomic E-state index is -4.36. The molecule has 0 aromatic heterocycles. The fourth-order valence-corrected chi connectivity index (χ4v) is 3.50. The highest BCUT2D eigenvalue weighted by Gasteiger charge is 2.57. The van der Waals surface area contributed by atoms with Crippen LogP contribution >= 0.6 is 0 Å². The number of benzene rings is 1. The number of nitrogens with one attached hydrogen (secondary N) is 1. The molecule has 1 heterocycles. The Kier molecular flexibility index (Phi) is 3.35. The lowest BCUT2D eigenvalue weighted by molar-refractivity contribution is -0.137. The van der Waals surface area contributed by atoms with Gasteiger partial charge in [0.25, 0.3) is 0 Å². The van der Waals surface area contributed by atoms with Crippen LogP contribution in [-0.4, -0.2) is 18.9 Å². The van der Waals surface area contributed by atoms with Crippen molar-refractivity contribution < 1.29 is 18.0 Å². The molecule has 1 aliphatic heterocycles. The predicted octanol–water partition coefficient (Wildman–Crippen LogP) is 3.59. The van der Waals surface area contributed by atoms with E-state index in [0.717, 1.165) is 44.5 Å². The van der Waals surface area contributed by atoms with Gasteiger partial charge in [0.1, 0.15) is 0 Å². The van der Waals surface area contributed by atoms with Gasteiger partial charge in [0.2, 0.25) is 0 Å². The molecule has 2 fully saturated rings. The molecule has 114 valence electrons. The Morgan fingerprint density at radius 2 is 1.95 bits per heavy atom. The Balaban J connectivity index is 1.80. The molecule has 21 heavy (non-hydrogen) atoms. The van der Waals surface area contributed by atoms with Gasteiger partial charge in [0, 0.05) is 11.5 Å². The third kappa shape index (κ3) is 2.59. The molecule has 0 bridgehead atoms. The van der Waals surface area contributed by atoms with E-state index in [0.29, 0.717) is 11.1 Å². The van der Waals surface area contributed by atoms with Gasteiger partial charge in [-0.2, -0.15) is 13.2 Å². The zero-order valence-electron chi connectivity index (χ0n) is 11.9. The quantitative estimate of drug-likeness (QED) is 0.845. The first-order valence-electron chi connectivity index (χ1n) is 7.26. The molecule has 0 amide bonds. The summed E-state index contributed by atoms with van der Waals surface area (Å²) in [6.07, 6.45) is -1.50. The van der Waals surface area contributed by atoms with Crippen LogP contribution in [0.5, 0.6) is 0 Å². The molecule has 3 rings (SSSR count). The maximum Gasteiger partial charge on any atom is 0.416 e. The molecule has 2 nitrogen and oxygen atoms in total. The van der Waals surface area contributed by atoms with Gasteiger partial charge in [-0.1, -0.05) is 6.07 Å². The zero-order chi connectivity index (χ0) is 15.3. The van der Waals surface area contributed by atoms with E-state index in [1.807, 2.05) is 0 Å². The Morgan fingerprint density at radius 1 is 1.29 bits per heavy atom. The standard InChI is InChI=1S/C16H18F3NO/c1-10-8-11(16(17,18)19)2-3-12(10)14(21)13-9-15(13)4-6-20-7-5-15/h2-3,8,13,20H,4-7,9H2,1H3. The lowest BCUT2D eigenvalue weighted by Crippen LogP contribution is -2.30. The zero-order valence-corrected chi connectivity index (χ0v) is 11.9. The first-order chi connectivity index (χ1) is 9.83. The number of Topliss-reactive ketones (excluding diaryl/α,β-unsaturated/α-hetero) is 1. The van der Waals surface area contributed by atoms with E-state index in [2.05, 4.69) is 5.32 Å². The summed E-state index contributed by atoms with van der Waals surface area (Å²) < 4.78 is 38.0. The van der Waals surface area contributed by atoms with Crippen LogP contribution in [0.25, 0.3) is 0 Å². The predicted molar refractivity (Wildman–Crippen MR) is 73.2 cm³/mol. The summed E-state index contributed by atoms with van der Waals surface area (Å²) in [5, 5.41) is 3.28. The third-order valence-electron chi connectivity index (χ3n) is 4.92. The van der Waals surface area contributed by atoms with Crippen LogP contribution in [-0.2, 0) is 6.18 Å². The van der Waals surface area contributed by atoms with Crippen molar-refractivity contribution in [3.63, 3.8) is 0 Å². The monoisotopic (exact) mass is 297 g/mol. The topological polar surface area (TPSA) is 29.1 Å². The van der Waals surface area contributed by atoms with Gasteiger partial charge in [-0.05, 0) is 62.4 Å². The molecule has 1 saturated carbocycles. The van der Waals surface area contributed by atoms with Crippen LogP contribution in [0.3, 0.4) is 0 Å². The van der Waals surface area contributed by atoms with Gasteiger partial charge >= 0.3 is 6.18 Å². The lowest BCUT2D eigenvalue weighted by Gasteiger charge is -2.23. The molecule has 5 heteroatoms. The van der Waals surface area contributed by atoms with E-state index in [1.54, 1.807) is 6.92 Å². The van der Waals surface area contributed by atoms with Gasteiger partial charge in [-0.15, -0.1) is 0 Å². The fraction of sp³-hybridized carbons (Fsp3) is 0.562. The maximum absolute atomic E-state index is 12.7. The summed E-state index contributed by atoms with van der Waals surface area (Å²) in [4.78, 5) is 12.6. The molecule has 1 saturated heterocycles. The van der Waals surface area contributed by atoms with E-state index >= 15 is 0 Å². The van der Waals surface area contributed by atoms with Crippen molar-refractivity contribution in [2.45, 2.75) is 32.4 Å². The largest absolute Gasteiger partial charge is 0.416 e. The van der Waals surface area contributed by atoms with Crippen LogP contribution in [0.15, 0.2) is 18.2 Å². The van der Waals surface area contributed by atoms with Crippen molar-refractivity contribution in [1.82, 2.24) is 5.32 Å². The number of carbonyl (C=O) groups excluding carboxylic acids is 1. The second kappa shape index (κ2) is 4.83. The SMILES string of the molecule is Cc1cc(C(F)(F)F)ccc1C(=O)C1CC12CCNCC2. The van der Waals surface area contributed by atoms with E-state index in [1.165, 1.54) is 6.07 Å². The molecule has 1 aromatic carbocycles. The van der Waals surface area contributed by atoms with E-state index in [-0.39, 0.29) is 17.1 Å². The first-order valence-corrected chi connectivity index (χ1v) is 7.26. The maximum atomic E-state index is 12.7. The normalized spacial score (nSPS) is 24.1. The number of ketones is 1. The number of alkyl halides is 3. The number of halogens is 3. The van der Waals surface area contributed by atoms with Gasteiger partial charge in [0.05, 0.1) is 5.56 Å². The minimum Gasteiger partial charge on any atom is -0.317 e. The summed E-state index contributed by atoms with van der Waals surface area (Å²) in [6.45, 7) is 3.44. The van der Waals surface area contributed by atoms with Gasteiger partial charge in [-0.25, -0.2) is 0 Å². The molecule has 1 aliphatic carbocycles. The van der Waals surface area contributed by atoms with Crippen LogP contribution in [0.4, 0.5) is 13.2 Å². The summed E-state index contributed by atoms with van der Waals surface area (Å²) in [7, 11) is 0. The van der Waals surface area contributed by atoms with Crippen LogP contribution in [0, 0.1) is 18.3 Å².